The molecule has 1 rings (SSSR count). The fourth-order valence-electron chi connectivity index (χ4n) is 1.21. The first-order valence-corrected chi connectivity index (χ1v) is 6.83. The number of rotatable bonds is 7. The Kier molecular flexibility index (Phi) is 5.29. The predicted octanol–water partition coefficient (Wildman–Crippen LogP) is 1.38. The van der Waals surface area contributed by atoms with E-state index >= 15 is 0 Å². The summed E-state index contributed by atoms with van der Waals surface area (Å²) in [5, 5.41) is 0. The van der Waals surface area contributed by atoms with E-state index in [9.17, 15) is 17.2 Å². The molecule has 0 atom stereocenters. The molecule has 1 aromatic rings. The van der Waals surface area contributed by atoms with Crippen LogP contribution in [0.1, 0.15) is 6.42 Å². The van der Waals surface area contributed by atoms with E-state index in [0.717, 1.165) is 0 Å². The van der Waals surface area contributed by atoms with E-state index in [1.165, 1.54) is 24.3 Å². The number of benzene rings is 1. The zero-order chi connectivity index (χ0) is 13.6. The van der Waals surface area contributed by atoms with Crippen LogP contribution in [0.2, 0.25) is 0 Å². The van der Waals surface area contributed by atoms with Gasteiger partial charge in [0.2, 0.25) is 10.0 Å². The van der Waals surface area contributed by atoms with Crippen LogP contribution in [0, 0.1) is 0 Å². The lowest BCUT2D eigenvalue weighted by Gasteiger charge is -2.08. The highest BCUT2D eigenvalue weighted by Crippen LogP contribution is 2.18. The van der Waals surface area contributed by atoms with E-state index in [1.54, 1.807) is 0 Å². The van der Waals surface area contributed by atoms with E-state index in [-0.39, 0.29) is 23.7 Å². The number of alkyl halides is 2. The number of hydrogen-bond acceptors (Lipinski definition) is 4. The number of nitrogens with one attached hydrogen (secondary N) is 1. The first kappa shape index (κ1) is 14.7. The Morgan fingerprint density at radius 3 is 2.39 bits per heavy atom. The van der Waals surface area contributed by atoms with Gasteiger partial charge in [0.05, 0.1) is 5.75 Å². The van der Waals surface area contributed by atoms with Crippen molar-refractivity contribution in [1.82, 2.24) is 0 Å². The summed E-state index contributed by atoms with van der Waals surface area (Å²) in [6.07, 6.45) is 0.349. The van der Waals surface area contributed by atoms with Gasteiger partial charge in [-0.05, 0) is 37.2 Å². The van der Waals surface area contributed by atoms with E-state index in [1.807, 2.05) is 0 Å². The van der Waals surface area contributed by atoms with Crippen molar-refractivity contribution in [2.45, 2.75) is 13.0 Å². The maximum Gasteiger partial charge on any atom is 0.387 e. The lowest BCUT2D eigenvalue weighted by Crippen LogP contribution is -2.18. The van der Waals surface area contributed by atoms with Crippen molar-refractivity contribution in [3.63, 3.8) is 0 Å². The van der Waals surface area contributed by atoms with Crippen LogP contribution in [0.4, 0.5) is 14.5 Å². The van der Waals surface area contributed by atoms with E-state index < -0.39 is 16.6 Å². The molecule has 18 heavy (non-hydrogen) atoms. The number of anilines is 1. The first-order chi connectivity index (χ1) is 8.43. The standard InChI is InChI=1S/C10H14F2N2O3S/c11-10(12)17-9-4-2-8(3-5-9)14-18(15,16)7-1-6-13/h2-5,10,14H,1,6-7,13H2. The monoisotopic (exact) mass is 280 g/mol. The number of sulfonamides is 1. The minimum atomic E-state index is -3.45. The molecular formula is C10H14F2N2O3S. The molecular weight excluding hydrogens is 266 g/mol. The Hall–Kier alpha value is -1.41. The highest BCUT2D eigenvalue weighted by Gasteiger charge is 2.10. The SMILES string of the molecule is NCCCS(=O)(=O)Nc1ccc(OC(F)F)cc1. The average Bonchev–Trinajstić information content (AvgIpc) is 2.28. The molecule has 0 aliphatic carbocycles. The van der Waals surface area contributed by atoms with Gasteiger partial charge in [0.25, 0.3) is 0 Å². The zero-order valence-corrected chi connectivity index (χ0v) is 10.3. The van der Waals surface area contributed by atoms with Crippen molar-refractivity contribution in [3.8, 4) is 5.75 Å². The second-order valence-electron chi connectivity index (χ2n) is 3.47. The van der Waals surface area contributed by atoms with Crippen LogP contribution in [0.15, 0.2) is 24.3 Å². The molecule has 0 bridgehead atoms. The molecule has 1 aromatic carbocycles. The van der Waals surface area contributed by atoms with Crippen LogP contribution in [-0.2, 0) is 10.0 Å². The molecule has 0 saturated carbocycles. The van der Waals surface area contributed by atoms with Crippen molar-refractivity contribution in [1.29, 1.82) is 0 Å². The predicted molar refractivity (Wildman–Crippen MR) is 64.2 cm³/mol. The Bertz CT molecular complexity index is 463. The molecule has 8 heteroatoms. The molecule has 0 spiro atoms. The van der Waals surface area contributed by atoms with Crippen molar-refractivity contribution in [2.75, 3.05) is 17.0 Å². The second-order valence-corrected chi connectivity index (χ2v) is 5.31. The molecule has 0 saturated heterocycles. The number of hydrogen-bond donors (Lipinski definition) is 2. The molecule has 0 aliphatic rings. The Balaban J connectivity index is 2.63. The van der Waals surface area contributed by atoms with E-state index in [4.69, 9.17) is 5.73 Å². The summed E-state index contributed by atoms with van der Waals surface area (Å²) in [4.78, 5) is 0. The largest absolute Gasteiger partial charge is 0.435 e. The normalized spacial score (nSPS) is 11.6. The van der Waals surface area contributed by atoms with Gasteiger partial charge in [-0.3, -0.25) is 4.72 Å². The van der Waals surface area contributed by atoms with E-state index in [2.05, 4.69) is 9.46 Å². The zero-order valence-electron chi connectivity index (χ0n) is 9.47. The van der Waals surface area contributed by atoms with Gasteiger partial charge in [-0.25, -0.2) is 8.42 Å². The van der Waals surface area contributed by atoms with Crippen LogP contribution in [0.5, 0.6) is 5.75 Å². The van der Waals surface area contributed by atoms with Crippen LogP contribution >= 0.6 is 0 Å². The molecule has 0 unspecified atom stereocenters. The second kappa shape index (κ2) is 6.50. The molecule has 102 valence electrons. The molecule has 0 radical (unpaired) electrons. The Labute approximate surface area is 104 Å². The van der Waals surface area contributed by atoms with Gasteiger partial charge in [0.15, 0.2) is 0 Å². The van der Waals surface area contributed by atoms with Crippen molar-refractivity contribution in [2.24, 2.45) is 5.73 Å². The Morgan fingerprint density at radius 2 is 1.89 bits per heavy atom. The van der Waals surface area contributed by atoms with Gasteiger partial charge in [-0.2, -0.15) is 8.78 Å². The minimum absolute atomic E-state index is 0.0325. The summed E-state index contributed by atoms with van der Waals surface area (Å²) < 4.78 is 53.2. The van der Waals surface area contributed by atoms with Crippen molar-refractivity contribution < 1.29 is 21.9 Å². The van der Waals surface area contributed by atoms with Gasteiger partial charge in [-0.1, -0.05) is 0 Å². The maximum atomic E-state index is 11.9. The molecule has 0 fully saturated rings. The van der Waals surface area contributed by atoms with Gasteiger partial charge in [-0.15, -0.1) is 0 Å². The Morgan fingerprint density at radius 1 is 1.28 bits per heavy atom. The third-order valence-electron chi connectivity index (χ3n) is 1.97. The third kappa shape index (κ3) is 5.28. The fraction of sp³-hybridized carbons (Fsp3) is 0.400. The fourth-order valence-corrected chi connectivity index (χ4v) is 2.35. The molecule has 5 nitrogen and oxygen atoms in total. The minimum Gasteiger partial charge on any atom is -0.435 e. The summed E-state index contributed by atoms with van der Waals surface area (Å²) in [5.74, 6) is -0.117. The van der Waals surface area contributed by atoms with Crippen molar-refractivity contribution in [3.05, 3.63) is 24.3 Å². The topological polar surface area (TPSA) is 81.4 Å². The smallest absolute Gasteiger partial charge is 0.387 e. The van der Waals surface area contributed by atoms with Gasteiger partial charge in [0.1, 0.15) is 5.75 Å². The summed E-state index contributed by atoms with van der Waals surface area (Å²) in [7, 11) is -3.45. The summed E-state index contributed by atoms with van der Waals surface area (Å²) in [6, 6.07) is 5.20. The lowest BCUT2D eigenvalue weighted by atomic mass is 10.3. The molecule has 0 aliphatic heterocycles. The molecule has 0 amide bonds. The van der Waals surface area contributed by atoms with Crippen LogP contribution < -0.4 is 15.2 Å². The van der Waals surface area contributed by atoms with Crippen LogP contribution in [0.3, 0.4) is 0 Å². The molecule has 0 aromatic heterocycles. The maximum absolute atomic E-state index is 11.9. The van der Waals surface area contributed by atoms with Crippen LogP contribution in [0.25, 0.3) is 0 Å². The van der Waals surface area contributed by atoms with Crippen molar-refractivity contribution >= 4 is 15.7 Å². The van der Waals surface area contributed by atoms with Crippen LogP contribution in [-0.4, -0.2) is 27.3 Å². The van der Waals surface area contributed by atoms with Gasteiger partial charge >= 0.3 is 6.61 Å². The number of nitrogens with two attached hydrogens (primary N) is 1. The average molecular weight is 280 g/mol. The number of ether oxygens (including phenoxy) is 1. The molecule has 3 N–H and O–H groups in total. The highest BCUT2D eigenvalue weighted by molar-refractivity contribution is 7.92. The first-order valence-electron chi connectivity index (χ1n) is 5.18. The summed E-state index contributed by atoms with van der Waals surface area (Å²) >= 11 is 0. The third-order valence-corrected chi connectivity index (χ3v) is 3.34. The van der Waals surface area contributed by atoms with Gasteiger partial charge in [0, 0.05) is 5.69 Å². The quantitative estimate of drug-likeness (QED) is 0.790. The summed E-state index contributed by atoms with van der Waals surface area (Å²) in [6.45, 7) is -2.63. The highest BCUT2D eigenvalue weighted by atomic mass is 32.2. The molecule has 0 heterocycles. The number of halogens is 2. The van der Waals surface area contributed by atoms with E-state index in [0.29, 0.717) is 6.42 Å². The summed E-state index contributed by atoms with van der Waals surface area (Å²) in [5.41, 5.74) is 5.50. The van der Waals surface area contributed by atoms with Gasteiger partial charge < -0.3 is 10.5 Å². The lowest BCUT2D eigenvalue weighted by molar-refractivity contribution is -0.0498.